The molecule has 3 heterocycles. The van der Waals surface area contributed by atoms with Crippen LogP contribution in [0.2, 0.25) is 10.0 Å². The second-order valence-electron chi connectivity index (χ2n) is 20.4. The highest BCUT2D eigenvalue weighted by Crippen LogP contribution is 2.48. The van der Waals surface area contributed by atoms with Crippen molar-refractivity contribution in [3.63, 3.8) is 0 Å². The van der Waals surface area contributed by atoms with Crippen LogP contribution in [-0.2, 0) is 34.8 Å². The summed E-state index contributed by atoms with van der Waals surface area (Å²) in [5.74, 6) is -1.15. The van der Waals surface area contributed by atoms with Crippen molar-refractivity contribution in [2.75, 3.05) is 60.9 Å². The molecule has 80 heavy (non-hydrogen) atoms. The molecule has 1 aliphatic heterocycles. The molecule has 2 aliphatic carbocycles. The Balaban J connectivity index is 0.000000180. The van der Waals surface area contributed by atoms with E-state index in [1.165, 1.54) is 5.56 Å². The summed E-state index contributed by atoms with van der Waals surface area (Å²) in [6, 6.07) is 40.6. The number of urea groups is 1. The summed E-state index contributed by atoms with van der Waals surface area (Å²) in [4.78, 5) is 35.6. The minimum Gasteiger partial charge on any atom is -0.354 e. The van der Waals surface area contributed by atoms with Gasteiger partial charge >= 0.3 is 6.03 Å². The molecule has 0 radical (unpaired) electrons. The van der Waals surface area contributed by atoms with Gasteiger partial charge in [0.05, 0.1) is 27.9 Å². The molecule has 1 saturated heterocycles. The molecule has 0 bridgehead atoms. The molecule has 0 saturated carbocycles. The average Bonchev–Trinajstić information content (AvgIpc) is 3.62. The number of hydrogen-bond acceptors (Lipinski definition) is 11. The molecule has 4 N–H and O–H groups in total. The monoisotopic (exact) mass is 1130 g/mol. The number of nitrogens with one attached hydrogen (secondary N) is 4. The van der Waals surface area contributed by atoms with E-state index in [0.717, 1.165) is 108 Å². The van der Waals surface area contributed by atoms with E-state index in [9.17, 15) is 22.0 Å². The second-order valence-corrected chi connectivity index (χ2v) is 22.9. The minimum absolute atomic E-state index is 0.0361. The Hall–Kier alpha value is -8.01. The van der Waals surface area contributed by atoms with Crippen molar-refractivity contribution in [1.29, 1.82) is 5.26 Å². The van der Waals surface area contributed by atoms with Gasteiger partial charge in [0.25, 0.3) is 10.0 Å². The van der Waals surface area contributed by atoms with Crippen LogP contribution in [-0.4, -0.2) is 84.5 Å². The molecule has 8 aromatic rings. The van der Waals surface area contributed by atoms with Crippen LogP contribution in [0.15, 0.2) is 151 Å². The summed E-state index contributed by atoms with van der Waals surface area (Å²) in [6.07, 6.45) is 9.12. The summed E-state index contributed by atoms with van der Waals surface area (Å²) in [5, 5.41) is 19.9. The van der Waals surface area contributed by atoms with E-state index in [0.29, 0.717) is 71.0 Å². The molecule has 2 aromatic heterocycles. The molecule has 408 valence electrons. The number of rotatable bonds is 14. The molecular formula is C61H57Cl2F2N11O3S. The predicted octanol–water partition coefficient (Wildman–Crippen LogP) is 12.7. The van der Waals surface area contributed by atoms with Gasteiger partial charge in [-0.3, -0.25) is 4.72 Å². The van der Waals surface area contributed by atoms with Gasteiger partial charge in [0, 0.05) is 88.0 Å². The smallest absolute Gasteiger partial charge is 0.321 e. The quantitative estimate of drug-likeness (QED) is 0.0761. The minimum atomic E-state index is -4.08. The van der Waals surface area contributed by atoms with Crippen LogP contribution in [0.5, 0.6) is 0 Å². The van der Waals surface area contributed by atoms with Gasteiger partial charge in [-0.15, -0.1) is 0 Å². The lowest BCUT2D eigenvalue weighted by Crippen LogP contribution is -2.48. The van der Waals surface area contributed by atoms with Crippen molar-refractivity contribution in [2.45, 2.75) is 61.3 Å². The molecule has 6 aromatic carbocycles. The first kappa shape index (κ1) is 55.3. The average molecular weight is 1130 g/mol. The number of hydrogen-bond donors (Lipinski definition) is 4. The van der Waals surface area contributed by atoms with Crippen molar-refractivity contribution in [3.8, 4) is 28.6 Å². The zero-order valence-corrected chi connectivity index (χ0v) is 46.3. The van der Waals surface area contributed by atoms with Gasteiger partial charge in [-0.25, -0.2) is 41.9 Å². The SMILES string of the molecule is CN(C)CCCCNc1ncc2c(n1)-c1ccccc1C(c1ccc(NS(=O)(=O)c3ccc(F)c(F)c3)cc1)C2.N#Cc1cccc(NC(=O)N2CCC3(CC2)Cc2cnc(NCc4c(Cl)cccc4Cl)nc2-c2ccccc23)c1. The van der Waals surface area contributed by atoms with E-state index in [2.05, 4.69) is 86.0 Å². The molecule has 1 spiro atoms. The molecule has 14 nitrogen and oxygen atoms in total. The van der Waals surface area contributed by atoms with Crippen molar-refractivity contribution >= 4 is 62.5 Å². The Morgan fingerprint density at radius 2 is 1.44 bits per heavy atom. The van der Waals surface area contributed by atoms with Crippen LogP contribution >= 0.6 is 23.2 Å². The number of aromatic nitrogens is 4. The summed E-state index contributed by atoms with van der Waals surface area (Å²) in [5.41, 5.74) is 11.8. The molecule has 1 atom stereocenters. The number of carbonyl (C=O) groups is 1. The Labute approximate surface area is 474 Å². The summed E-state index contributed by atoms with van der Waals surface area (Å²) in [6.45, 7) is 3.53. The molecule has 3 aliphatic rings. The maximum Gasteiger partial charge on any atom is 0.321 e. The number of unbranched alkanes of at least 4 members (excludes halogenated alkanes) is 1. The van der Waals surface area contributed by atoms with Gasteiger partial charge in [0.15, 0.2) is 11.6 Å². The fourth-order valence-corrected chi connectivity index (χ4v) is 12.3. The van der Waals surface area contributed by atoms with E-state index in [4.69, 9.17) is 38.4 Å². The predicted molar refractivity (Wildman–Crippen MR) is 311 cm³/mol. The number of carbonyl (C=O) groups excluding carboxylic acids is 1. The van der Waals surface area contributed by atoms with Crippen LogP contribution in [0.1, 0.15) is 70.5 Å². The van der Waals surface area contributed by atoms with E-state index in [-0.39, 0.29) is 22.3 Å². The molecule has 1 unspecified atom stereocenters. The van der Waals surface area contributed by atoms with E-state index >= 15 is 0 Å². The van der Waals surface area contributed by atoms with Crippen LogP contribution in [0, 0.1) is 23.0 Å². The van der Waals surface area contributed by atoms with E-state index in [1.54, 1.807) is 36.4 Å². The van der Waals surface area contributed by atoms with Crippen LogP contribution in [0.4, 0.5) is 36.8 Å². The Morgan fingerprint density at radius 3 is 2.16 bits per heavy atom. The number of sulfonamides is 1. The van der Waals surface area contributed by atoms with Gasteiger partial charge in [-0.2, -0.15) is 5.26 Å². The first-order valence-corrected chi connectivity index (χ1v) is 28.5. The molecular weight excluding hydrogens is 1080 g/mol. The molecule has 1 fully saturated rings. The highest BCUT2D eigenvalue weighted by atomic mass is 35.5. The lowest BCUT2D eigenvalue weighted by Gasteiger charge is -2.45. The van der Waals surface area contributed by atoms with Crippen LogP contribution < -0.4 is 20.7 Å². The fraction of sp³-hybridized carbons (Fsp3) is 0.246. The van der Waals surface area contributed by atoms with Gasteiger partial charge < -0.3 is 25.8 Å². The maximum atomic E-state index is 13.6. The summed E-state index contributed by atoms with van der Waals surface area (Å²) in [7, 11) is 0.0602. The molecule has 11 rings (SSSR count). The Morgan fingerprint density at radius 1 is 0.762 bits per heavy atom. The summed E-state index contributed by atoms with van der Waals surface area (Å²) < 4.78 is 54.6. The number of nitrogens with zero attached hydrogens (tertiary/aromatic N) is 7. The third-order valence-electron chi connectivity index (χ3n) is 14.8. The highest BCUT2D eigenvalue weighted by molar-refractivity contribution is 7.92. The van der Waals surface area contributed by atoms with Gasteiger partial charge in [-0.05, 0) is 148 Å². The van der Waals surface area contributed by atoms with Crippen molar-refractivity contribution in [1.82, 2.24) is 29.7 Å². The first-order valence-electron chi connectivity index (χ1n) is 26.3. The number of nitriles is 1. The highest BCUT2D eigenvalue weighted by Gasteiger charge is 2.43. The number of amides is 2. The summed E-state index contributed by atoms with van der Waals surface area (Å²) >= 11 is 12.7. The third-order valence-corrected chi connectivity index (χ3v) is 16.9. The topological polar surface area (TPSA) is 181 Å². The lowest BCUT2D eigenvalue weighted by molar-refractivity contribution is 0.166. The first-order chi connectivity index (χ1) is 38.7. The van der Waals surface area contributed by atoms with Crippen LogP contribution in [0.3, 0.4) is 0 Å². The van der Waals surface area contributed by atoms with Gasteiger partial charge in [0.2, 0.25) is 11.9 Å². The molecule has 19 heteroatoms. The zero-order chi connectivity index (χ0) is 56.0. The van der Waals surface area contributed by atoms with Crippen molar-refractivity contribution < 1.29 is 22.0 Å². The van der Waals surface area contributed by atoms with Crippen LogP contribution in [0.25, 0.3) is 22.5 Å². The Kier molecular flexibility index (Phi) is 16.7. The largest absolute Gasteiger partial charge is 0.354 e. The standard InChI is InChI=1S/C31H26Cl2N6O.C30H31F2N5O2S/c32-26-9-4-10-27(33)24(26)19-36-29-35-18-21-16-31(25-8-2-1-7-23(25)28(21)38-29)11-13-39(14-12-31)30(40)37-22-6-3-5-20(15-22)17-34;1-37(2)16-6-5-15-33-30-34-19-21-17-26(24-7-3-4-8-25(24)29(21)35-30)20-9-11-22(12-10-20)36-40(38,39)23-13-14-27(31)28(32)18-23/h1-10,15,18H,11-14,16,19H2,(H,37,40)(H,35,36,38);3-4,7-14,18-19,26,36H,5-6,15-17H2,1-2H3,(H,33,34,35). The normalized spacial score (nSPS) is 14.8. The number of halogens is 4. The number of piperidine rings is 1. The van der Waals surface area contributed by atoms with Crippen molar-refractivity contribution in [3.05, 3.63) is 206 Å². The van der Waals surface area contributed by atoms with Gasteiger partial charge in [-0.1, -0.05) is 96.0 Å². The van der Waals surface area contributed by atoms with Gasteiger partial charge in [0.1, 0.15) is 0 Å². The molecule has 2 amide bonds. The third kappa shape index (κ3) is 12.4. The Bertz CT molecular complexity index is 3720. The second kappa shape index (κ2) is 24.2. The van der Waals surface area contributed by atoms with Crippen molar-refractivity contribution in [2.24, 2.45) is 0 Å². The van der Waals surface area contributed by atoms with E-state index in [1.807, 2.05) is 65.8 Å². The van der Waals surface area contributed by atoms with E-state index < -0.39 is 21.7 Å². The maximum absolute atomic E-state index is 13.6. The fourth-order valence-electron chi connectivity index (χ4n) is 10.7. The number of fused-ring (bicyclic) bond motifs is 7. The lowest BCUT2D eigenvalue weighted by atomic mass is 9.64. The number of likely N-dealkylation sites (tertiary alicyclic amines) is 1. The number of anilines is 4. The zero-order valence-electron chi connectivity index (χ0n) is 44.0. The number of benzene rings is 6.